The second-order valence-electron chi connectivity index (χ2n) is 5.21. The van der Waals surface area contributed by atoms with Crippen molar-refractivity contribution in [3.05, 3.63) is 65.2 Å². The molecule has 0 atom stereocenters. The van der Waals surface area contributed by atoms with Crippen LogP contribution in [0, 0.1) is 0 Å². The zero-order chi connectivity index (χ0) is 17.1. The summed E-state index contributed by atoms with van der Waals surface area (Å²) in [7, 11) is 1.32. The van der Waals surface area contributed by atoms with Gasteiger partial charge in [0.15, 0.2) is 0 Å². The summed E-state index contributed by atoms with van der Waals surface area (Å²) in [4.78, 5) is 24.2. The van der Waals surface area contributed by atoms with Crippen molar-refractivity contribution in [3.8, 4) is 0 Å². The lowest BCUT2D eigenvalue weighted by Crippen LogP contribution is -2.07. The highest BCUT2D eigenvalue weighted by Gasteiger charge is 2.30. The van der Waals surface area contributed by atoms with Crippen LogP contribution in [0.3, 0.4) is 0 Å². The van der Waals surface area contributed by atoms with Crippen LogP contribution in [0.2, 0.25) is 0 Å². The average Bonchev–Trinajstić information content (AvgIpc) is 2.94. The molecular formula is C19H17NO4. The largest absolute Gasteiger partial charge is 0.492 e. The zero-order valence-corrected chi connectivity index (χ0v) is 13.5. The summed E-state index contributed by atoms with van der Waals surface area (Å²) < 4.78 is 10.5. The lowest BCUT2D eigenvalue weighted by Gasteiger charge is -2.12. The average molecular weight is 323 g/mol. The topological polar surface area (TPSA) is 64.6 Å². The van der Waals surface area contributed by atoms with Gasteiger partial charge >= 0.3 is 5.97 Å². The molecule has 0 radical (unpaired) electrons. The fraction of sp³-hybridized carbons (Fsp3) is 0.158. The summed E-state index contributed by atoms with van der Waals surface area (Å²) in [6, 6.07) is 14.5. The summed E-state index contributed by atoms with van der Waals surface area (Å²) >= 11 is 0. The van der Waals surface area contributed by atoms with Gasteiger partial charge < -0.3 is 14.8 Å². The van der Waals surface area contributed by atoms with E-state index in [1.807, 2.05) is 37.3 Å². The number of fused-ring (bicyclic) bond motifs is 1. The second kappa shape index (κ2) is 6.58. The molecule has 1 heterocycles. The quantitative estimate of drug-likeness (QED) is 0.532. The third kappa shape index (κ3) is 2.76. The van der Waals surface area contributed by atoms with Crippen molar-refractivity contribution >= 4 is 28.9 Å². The van der Waals surface area contributed by atoms with E-state index in [4.69, 9.17) is 9.47 Å². The Kier molecular flexibility index (Phi) is 4.33. The Morgan fingerprint density at radius 3 is 2.50 bits per heavy atom. The minimum Gasteiger partial charge on any atom is -0.492 e. The molecule has 0 spiro atoms. The number of esters is 1. The van der Waals surface area contributed by atoms with Crippen molar-refractivity contribution in [2.24, 2.45) is 0 Å². The lowest BCUT2D eigenvalue weighted by atomic mass is 10.0. The van der Waals surface area contributed by atoms with Crippen LogP contribution in [0.25, 0.3) is 11.3 Å². The van der Waals surface area contributed by atoms with Gasteiger partial charge in [-0.15, -0.1) is 0 Å². The van der Waals surface area contributed by atoms with Gasteiger partial charge in [-0.2, -0.15) is 0 Å². The highest BCUT2D eigenvalue weighted by atomic mass is 16.5. The number of amides is 1. The van der Waals surface area contributed by atoms with Crippen LogP contribution < -0.4 is 5.32 Å². The first-order valence-corrected chi connectivity index (χ1v) is 7.62. The molecule has 2 aromatic rings. The van der Waals surface area contributed by atoms with Gasteiger partial charge in [0.2, 0.25) is 0 Å². The smallest absolute Gasteiger partial charge is 0.337 e. The van der Waals surface area contributed by atoms with Crippen LogP contribution in [0.5, 0.6) is 0 Å². The van der Waals surface area contributed by atoms with Crippen molar-refractivity contribution in [3.63, 3.8) is 0 Å². The Labute approximate surface area is 139 Å². The zero-order valence-electron chi connectivity index (χ0n) is 13.5. The summed E-state index contributed by atoms with van der Waals surface area (Å²) in [6.45, 7) is 2.31. The van der Waals surface area contributed by atoms with Crippen LogP contribution in [0.1, 0.15) is 28.4 Å². The van der Waals surface area contributed by atoms with Crippen molar-refractivity contribution in [2.75, 3.05) is 19.0 Å². The third-order valence-corrected chi connectivity index (χ3v) is 3.74. The van der Waals surface area contributed by atoms with E-state index < -0.39 is 5.97 Å². The molecule has 1 amide bonds. The normalized spacial score (nSPS) is 14.7. The van der Waals surface area contributed by atoms with Gasteiger partial charge in [-0.05, 0) is 19.1 Å². The number of anilines is 1. The molecule has 24 heavy (non-hydrogen) atoms. The van der Waals surface area contributed by atoms with Gasteiger partial charge in [-0.25, -0.2) is 4.79 Å². The monoisotopic (exact) mass is 323 g/mol. The number of nitrogens with one attached hydrogen (secondary N) is 1. The first kappa shape index (κ1) is 15.8. The molecule has 1 N–H and O–H groups in total. The number of benzene rings is 2. The van der Waals surface area contributed by atoms with Crippen LogP contribution >= 0.6 is 0 Å². The number of methoxy groups -OCH3 is 1. The van der Waals surface area contributed by atoms with E-state index in [0.29, 0.717) is 34.8 Å². The number of hydrogen-bond donors (Lipinski definition) is 1. The minimum absolute atomic E-state index is 0.251. The van der Waals surface area contributed by atoms with E-state index in [2.05, 4.69) is 5.32 Å². The van der Waals surface area contributed by atoms with Gasteiger partial charge in [-0.1, -0.05) is 36.4 Å². The highest BCUT2D eigenvalue weighted by Crippen LogP contribution is 2.38. The molecule has 1 aliphatic rings. The van der Waals surface area contributed by atoms with Crippen molar-refractivity contribution in [2.45, 2.75) is 6.92 Å². The number of ether oxygens (including phenoxy) is 2. The van der Waals surface area contributed by atoms with Crippen molar-refractivity contribution in [1.82, 2.24) is 0 Å². The fourth-order valence-electron chi connectivity index (χ4n) is 2.68. The van der Waals surface area contributed by atoms with E-state index in [-0.39, 0.29) is 5.91 Å². The summed E-state index contributed by atoms with van der Waals surface area (Å²) in [5.41, 5.74) is 2.96. The Balaban J connectivity index is 2.15. The molecule has 1 aliphatic heterocycles. The summed E-state index contributed by atoms with van der Waals surface area (Å²) in [5.74, 6) is -0.169. The number of rotatable bonds is 4. The number of carbonyl (C=O) groups is 2. The number of carbonyl (C=O) groups excluding carboxylic acids is 2. The van der Waals surface area contributed by atoms with Crippen LogP contribution in [-0.4, -0.2) is 25.6 Å². The maximum absolute atomic E-state index is 12.5. The maximum Gasteiger partial charge on any atom is 0.337 e. The molecule has 0 saturated carbocycles. The van der Waals surface area contributed by atoms with E-state index in [0.717, 1.165) is 5.56 Å². The van der Waals surface area contributed by atoms with E-state index in [9.17, 15) is 9.59 Å². The Morgan fingerprint density at radius 1 is 1.08 bits per heavy atom. The van der Waals surface area contributed by atoms with Gasteiger partial charge in [0.25, 0.3) is 5.91 Å². The fourth-order valence-corrected chi connectivity index (χ4v) is 2.68. The first-order valence-electron chi connectivity index (χ1n) is 7.62. The molecule has 0 aliphatic carbocycles. The lowest BCUT2D eigenvalue weighted by molar-refractivity contribution is -0.110. The third-order valence-electron chi connectivity index (χ3n) is 3.74. The molecule has 122 valence electrons. The Bertz CT molecular complexity index is 825. The van der Waals surface area contributed by atoms with Gasteiger partial charge in [-0.3, -0.25) is 4.79 Å². The van der Waals surface area contributed by atoms with E-state index >= 15 is 0 Å². The minimum atomic E-state index is -0.447. The maximum atomic E-state index is 12.5. The molecular weight excluding hydrogens is 306 g/mol. The van der Waals surface area contributed by atoms with Gasteiger partial charge in [0.1, 0.15) is 5.76 Å². The Hall–Kier alpha value is -3.08. The summed E-state index contributed by atoms with van der Waals surface area (Å²) in [5, 5.41) is 2.79. The summed E-state index contributed by atoms with van der Waals surface area (Å²) in [6.07, 6.45) is 0. The van der Waals surface area contributed by atoms with Gasteiger partial charge in [0.05, 0.1) is 30.5 Å². The molecule has 3 rings (SSSR count). The molecule has 2 aromatic carbocycles. The number of hydrogen-bond acceptors (Lipinski definition) is 4. The predicted octanol–water partition coefficient (Wildman–Crippen LogP) is 3.33. The molecule has 0 aromatic heterocycles. The molecule has 0 unspecified atom stereocenters. The Morgan fingerprint density at radius 2 is 1.83 bits per heavy atom. The van der Waals surface area contributed by atoms with Crippen molar-refractivity contribution in [1.29, 1.82) is 0 Å². The predicted molar refractivity (Wildman–Crippen MR) is 91.3 cm³/mol. The SMILES string of the molecule is CCO/C(=C1\C(=O)Nc2cc(C(=O)OC)ccc21)c1ccccc1. The van der Waals surface area contributed by atoms with E-state index in [1.54, 1.807) is 18.2 Å². The van der Waals surface area contributed by atoms with E-state index in [1.165, 1.54) is 7.11 Å². The van der Waals surface area contributed by atoms with Crippen molar-refractivity contribution < 1.29 is 19.1 Å². The first-order chi connectivity index (χ1) is 11.7. The van der Waals surface area contributed by atoms with Crippen LogP contribution in [0.4, 0.5) is 5.69 Å². The molecule has 0 bridgehead atoms. The molecule has 5 heteroatoms. The van der Waals surface area contributed by atoms with Crippen LogP contribution in [-0.2, 0) is 14.3 Å². The molecule has 0 fully saturated rings. The standard InChI is InChI=1S/C19H17NO4/c1-3-24-17(12-7-5-4-6-8-12)16-14-10-9-13(19(22)23-2)11-15(14)20-18(16)21/h4-11H,3H2,1-2H3,(H,20,21)/b17-16-. The van der Waals surface area contributed by atoms with Gasteiger partial charge in [0, 0.05) is 11.1 Å². The van der Waals surface area contributed by atoms with Crippen LogP contribution in [0.15, 0.2) is 48.5 Å². The second-order valence-corrected chi connectivity index (χ2v) is 5.21. The highest BCUT2D eigenvalue weighted by molar-refractivity contribution is 6.36. The molecule has 0 saturated heterocycles. The molecule has 5 nitrogen and oxygen atoms in total.